The van der Waals surface area contributed by atoms with E-state index >= 15 is 0 Å². The first kappa shape index (κ1) is 20.2. The Labute approximate surface area is 183 Å². The quantitative estimate of drug-likeness (QED) is 0.758. The molecule has 0 unspecified atom stereocenters. The summed E-state index contributed by atoms with van der Waals surface area (Å²) in [7, 11) is 0. The Balaban J connectivity index is 1.43. The van der Waals surface area contributed by atoms with Crippen LogP contribution in [-0.4, -0.2) is 51.5 Å². The van der Waals surface area contributed by atoms with E-state index in [1.807, 2.05) is 11.0 Å². The third-order valence-corrected chi connectivity index (χ3v) is 7.19. The number of carbonyl (C=O) groups excluding carboxylic acids is 1. The van der Waals surface area contributed by atoms with Gasteiger partial charge in [-0.05, 0) is 44.1 Å². The molecule has 0 aliphatic carbocycles. The minimum atomic E-state index is -0.00740. The SMILES string of the molecule is CCC[C@H]1[C@H]2C[C@H](CN(c3cncc(C(=O)N4CCCCC4)n3)C2)c2cccc(=O)n21. The molecule has 7 heteroatoms. The molecular formula is C24H31N5O2. The number of piperidine rings is 2. The molecule has 3 aliphatic heterocycles. The van der Waals surface area contributed by atoms with Crippen molar-refractivity contribution in [1.82, 2.24) is 19.4 Å². The first-order valence-electron chi connectivity index (χ1n) is 11.7. The molecule has 164 valence electrons. The molecule has 2 aromatic heterocycles. The number of fused-ring (bicyclic) bond motifs is 4. The van der Waals surface area contributed by atoms with E-state index in [2.05, 4.69) is 27.4 Å². The summed E-state index contributed by atoms with van der Waals surface area (Å²) in [6.07, 6.45) is 9.84. The Morgan fingerprint density at radius 2 is 1.97 bits per heavy atom. The molecule has 0 N–H and O–H groups in total. The predicted molar refractivity (Wildman–Crippen MR) is 119 cm³/mol. The molecule has 3 aliphatic rings. The van der Waals surface area contributed by atoms with Gasteiger partial charge < -0.3 is 14.4 Å². The molecule has 0 saturated carbocycles. The molecule has 1 amide bonds. The van der Waals surface area contributed by atoms with Crippen molar-refractivity contribution in [3.63, 3.8) is 0 Å². The van der Waals surface area contributed by atoms with Crippen LogP contribution in [0.2, 0.25) is 0 Å². The van der Waals surface area contributed by atoms with E-state index < -0.39 is 0 Å². The summed E-state index contributed by atoms with van der Waals surface area (Å²) in [5.74, 6) is 1.46. The molecule has 2 aromatic rings. The van der Waals surface area contributed by atoms with Gasteiger partial charge in [-0.25, -0.2) is 4.98 Å². The van der Waals surface area contributed by atoms with Crippen LogP contribution in [0.3, 0.4) is 0 Å². The number of likely N-dealkylation sites (tertiary alicyclic amines) is 1. The minimum absolute atomic E-state index is 0.00740. The van der Waals surface area contributed by atoms with Crippen LogP contribution in [0.1, 0.15) is 73.6 Å². The number of hydrogen-bond acceptors (Lipinski definition) is 5. The van der Waals surface area contributed by atoms with Crippen LogP contribution in [0.5, 0.6) is 0 Å². The molecule has 0 aromatic carbocycles. The molecule has 5 heterocycles. The monoisotopic (exact) mass is 421 g/mol. The van der Waals surface area contributed by atoms with Crippen molar-refractivity contribution in [1.29, 1.82) is 0 Å². The summed E-state index contributed by atoms with van der Waals surface area (Å²) in [5, 5.41) is 0. The van der Waals surface area contributed by atoms with Crippen LogP contribution in [0.15, 0.2) is 35.4 Å². The van der Waals surface area contributed by atoms with Crippen molar-refractivity contribution in [3.8, 4) is 0 Å². The standard InChI is InChI=1S/C24H31N5O2/c1-2-7-20-17-12-18(21-8-6-9-23(30)29(20)21)16-28(15-17)22-14-25-13-19(26-22)24(31)27-10-4-3-5-11-27/h6,8-9,13-14,17-18,20H,2-5,7,10-12,15-16H2,1H3/t17-,18+,20-/m0/s1. The van der Waals surface area contributed by atoms with Crippen molar-refractivity contribution < 1.29 is 4.79 Å². The summed E-state index contributed by atoms with van der Waals surface area (Å²) in [6.45, 7) is 5.44. The van der Waals surface area contributed by atoms with E-state index in [1.165, 1.54) is 6.42 Å². The molecule has 31 heavy (non-hydrogen) atoms. The fraction of sp³-hybridized carbons (Fsp3) is 0.583. The Bertz CT molecular complexity index is 1010. The van der Waals surface area contributed by atoms with Crippen LogP contribution in [-0.2, 0) is 0 Å². The summed E-state index contributed by atoms with van der Waals surface area (Å²) >= 11 is 0. The molecule has 0 radical (unpaired) electrons. The van der Waals surface area contributed by atoms with Crippen molar-refractivity contribution in [3.05, 3.63) is 52.3 Å². The lowest BCUT2D eigenvalue weighted by Crippen LogP contribution is -2.49. The maximum atomic E-state index is 12.9. The van der Waals surface area contributed by atoms with Crippen molar-refractivity contribution in [2.75, 3.05) is 31.1 Å². The van der Waals surface area contributed by atoms with Gasteiger partial charge in [0.25, 0.3) is 11.5 Å². The molecular weight excluding hydrogens is 390 g/mol. The van der Waals surface area contributed by atoms with Gasteiger partial charge in [0.2, 0.25) is 0 Å². The van der Waals surface area contributed by atoms with Crippen molar-refractivity contribution >= 4 is 11.7 Å². The van der Waals surface area contributed by atoms with Crippen molar-refractivity contribution in [2.24, 2.45) is 5.92 Å². The van der Waals surface area contributed by atoms with Crippen LogP contribution in [0.25, 0.3) is 0 Å². The van der Waals surface area contributed by atoms with Gasteiger partial charge >= 0.3 is 0 Å². The normalized spacial score (nSPS) is 25.3. The fourth-order valence-corrected chi connectivity index (χ4v) is 5.76. The average molecular weight is 422 g/mol. The molecule has 3 atom stereocenters. The summed E-state index contributed by atoms with van der Waals surface area (Å²) in [4.78, 5) is 38.9. The second kappa shape index (κ2) is 8.44. The van der Waals surface area contributed by atoms with Gasteiger partial charge in [-0.2, -0.15) is 0 Å². The highest BCUT2D eigenvalue weighted by Crippen LogP contribution is 2.43. The second-order valence-corrected chi connectivity index (χ2v) is 9.23. The number of carbonyl (C=O) groups is 1. The number of nitrogens with zero attached hydrogens (tertiary/aromatic N) is 5. The highest BCUT2D eigenvalue weighted by Gasteiger charge is 2.40. The third-order valence-electron chi connectivity index (χ3n) is 7.19. The number of amides is 1. The van der Waals surface area contributed by atoms with Gasteiger partial charge in [-0.15, -0.1) is 0 Å². The zero-order valence-corrected chi connectivity index (χ0v) is 18.2. The van der Waals surface area contributed by atoms with E-state index in [0.717, 1.165) is 69.8 Å². The lowest BCUT2D eigenvalue weighted by atomic mass is 9.77. The summed E-state index contributed by atoms with van der Waals surface area (Å²) in [6, 6.07) is 5.90. The van der Waals surface area contributed by atoms with Gasteiger partial charge in [0.15, 0.2) is 0 Å². The molecule has 2 saturated heterocycles. The van der Waals surface area contributed by atoms with Gasteiger partial charge in [-0.3, -0.25) is 14.6 Å². The lowest BCUT2D eigenvalue weighted by molar-refractivity contribution is 0.0718. The first-order chi connectivity index (χ1) is 15.2. The molecule has 7 nitrogen and oxygen atoms in total. The molecule has 5 rings (SSSR count). The van der Waals surface area contributed by atoms with Crippen LogP contribution >= 0.6 is 0 Å². The smallest absolute Gasteiger partial charge is 0.274 e. The van der Waals surface area contributed by atoms with Crippen LogP contribution in [0.4, 0.5) is 5.82 Å². The predicted octanol–water partition coefficient (Wildman–Crippen LogP) is 3.23. The maximum Gasteiger partial charge on any atom is 0.274 e. The maximum absolute atomic E-state index is 12.9. The second-order valence-electron chi connectivity index (χ2n) is 9.23. The van der Waals surface area contributed by atoms with Gasteiger partial charge in [0.05, 0.1) is 12.4 Å². The number of pyridine rings is 1. The van der Waals surface area contributed by atoms with E-state index in [4.69, 9.17) is 4.98 Å². The van der Waals surface area contributed by atoms with E-state index in [-0.39, 0.29) is 17.5 Å². The number of aromatic nitrogens is 3. The van der Waals surface area contributed by atoms with Gasteiger partial charge in [0, 0.05) is 49.9 Å². The van der Waals surface area contributed by atoms with E-state index in [0.29, 0.717) is 17.5 Å². The average Bonchev–Trinajstić information content (AvgIpc) is 2.82. The Morgan fingerprint density at radius 3 is 2.77 bits per heavy atom. The zero-order valence-electron chi connectivity index (χ0n) is 18.2. The fourth-order valence-electron chi connectivity index (χ4n) is 5.76. The highest BCUT2D eigenvalue weighted by atomic mass is 16.2. The van der Waals surface area contributed by atoms with Crippen LogP contribution in [0, 0.1) is 5.92 Å². The Hall–Kier alpha value is -2.70. The lowest BCUT2D eigenvalue weighted by Gasteiger charge is -2.47. The summed E-state index contributed by atoms with van der Waals surface area (Å²) in [5.41, 5.74) is 1.70. The number of anilines is 1. The topological polar surface area (TPSA) is 71.3 Å². The number of rotatable bonds is 4. The number of hydrogen-bond donors (Lipinski definition) is 0. The van der Waals surface area contributed by atoms with E-state index in [1.54, 1.807) is 18.5 Å². The van der Waals surface area contributed by atoms with Crippen molar-refractivity contribution in [2.45, 2.75) is 57.4 Å². The molecule has 0 spiro atoms. The molecule has 2 bridgehead atoms. The van der Waals surface area contributed by atoms with Crippen LogP contribution < -0.4 is 10.5 Å². The van der Waals surface area contributed by atoms with Gasteiger partial charge in [0.1, 0.15) is 11.5 Å². The molecule has 2 fully saturated rings. The highest BCUT2D eigenvalue weighted by molar-refractivity contribution is 5.92. The first-order valence-corrected chi connectivity index (χ1v) is 11.7. The summed E-state index contributed by atoms with van der Waals surface area (Å²) < 4.78 is 2.06. The minimum Gasteiger partial charge on any atom is -0.354 e. The van der Waals surface area contributed by atoms with E-state index in [9.17, 15) is 9.59 Å². The zero-order chi connectivity index (χ0) is 21.4. The van der Waals surface area contributed by atoms with Gasteiger partial charge in [-0.1, -0.05) is 19.4 Å². The largest absolute Gasteiger partial charge is 0.354 e. The third kappa shape index (κ3) is 3.75. The Morgan fingerprint density at radius 1 is 1.13 bits per heavy atom. The Kier molecular flexibility index (Phi) is 5.50.